The Bertz CT molecular complexity index is 281. The average molecular weight is 242 g/mol. The van der Waals surface area contributed by atoms with Crippen LogP contribution in [0.2, 0.25) is 0 Å². The van der Waals surface area contributed by atoms with Crippen LogP contribution < -0.4 is 0 Å². The molecule has 1 unspecified atom stereocenters. The summed E-state index contributed by atoms with van der Waals surface area (Å²) in [7, 11) is 0. The Morgan fingerprint density at radius 1 is 1.00 bits per heavy atom. The highest BCUT2D eigenvalue weighted by Gasteiger charge is 2.28. The number of Topliss-reactive ketones (excluding diaryl/α,β-unsaturated/α-hetero) is 1. The van der Waals surface area contributed by atoms with Crippen molar-refractivity contribution in [3.05, 3.63) is 0 Å². The zero-order chi connectivity index (χ0) is 13.4. The van der Waals surface area contributed by atoms with Gasteiger partial charge in [0, 0.05) is 12.8 Å². The van der Waals surface area contributed by atoms with Crippen molar-refractivity contribution in [2.45, 2.75) is 53.4 Å². The van der Waals surface area contributed by atoms with Gasteiger partial charge in [-0.25, -0.2) is 0 Å². The smallest absolute Gasteiger partial charge is 0.324 e. The van der Waals surface area contributed by atoms with Crippen LogP contribution in [0.4, 0.5) is 0 Å². The molecule has 1 atom stereocenters. The summed E-state index contributed by atoms with van der Waals surface area (Å²) in [5, 5.41) is 0. The number of rotatable bonds is 7. The molecule has 0 heterocycles. The van der Waals surface area contributed by atoms with E-state index in [0.717, 1.165) is 6.42 Å². The molecule has 0 saturated carbocycles. The van der Waals surface area contributed by atoms with E-state index in [0.29, 0.717) is 12.3 Å². The molecule has 0 amide bonds. The van der Waals surface area contributed by atoms with Gasteiger partial charge in [-0.15, -0.1) is 0 Å². The van der Waals surface area contributed by atoms with Crippen LogP contribution in [0.3, 0.4) is 0 Å². The number of ether oxygens (including phenoxy) is 1. The van der Waals surface area contributed by atoms with Crippen LogP contribution in [0.15, 0.2) is 0 Å². The molecular weight excluding hydrogens is 220 g/mol. The van der Waals surface area contributed by atoms with Crippen molar-refractivity contribution in [2.24, 2.45) is 11.8 Å². The lowest BCUT2D eigenvalue weighted by molar-refractivity contribution is -0.163. The fraction of sp³-hybridized carbons (Fsp3) is 0.769. The Morgan fingerprint density at radius 3 is 2.00 bits per heavy atom. The van der Waals surface area contributed by atoms with E-state index in [9.17, 15) is 14.4 Å². The summed E-state index contributed by atoms with van der Waals surface area (Å²) in [4.78, 5) is 34.3. The lowest BCUT2D eigenvalue weighted by Gasteiger charge is -2.14. The third-order valence-electron chi connectivity index (χ3n) is 2.56. The molecule has 17 heavy (non-hydrogen) atoms. The normalized spacial score (nSPS) is 12.3. The molecule has 0 aliphatic carbocycles. The molecule has 0 aliphatic rings. The van der Waals surface area contributed by atoms with Crippen molar-refractivity contribution in [2.75, 3.05) is 0 Å². The Labute approximate surface area is 103 Å². The number of carbonyl (C=O) groups is 3. The molecule has 0 N–H and O–H groups in total. The van der Waals surface area contributed by atoms with Crippen molar-refractivity contribution >= 4 is 17.7 Å². The zero-order valence-electron chi connectivity index (χ0n) is 11.1. The second-order valence-electron chi connectivity index (χ2n) is 4.49. The van der Waals surface area contributed by atoms with E-state index in [1.165, 1.54) is 0 Å². The second-order valence-corrected chi connectivity index (χ2v) is 4.49. The van der Waals surface area contributed by atoms with Crippen molar-refractivity contribution in [3.63, 3.8) is 0 Å². The van der Waals surface area contributed by atoms with Gasteiger partial charge in [-0.2, -0.15) is 0 Å². The first-order valence-electron chi connectivity index (χ1n) is 6.19. The van der Waals surface area contributed by atoms with E-state index in [1.807, 2.05) is 13.8 Å². The number of hydrogen-bond acceptors (Lipinski definition) is 4. The molecule has 98 valence electrons. The maximum atomic E-state index is 11.7. The summed E-state index contributed by atoms with van der Waals surface area (Å²) >= 11 is 0. The summed E-state index contributed by atoms with van der Waals surface area (Å²) in [6.07, 6.45) is 1.66. The maximum absolute atomic E-state index is 11.7. The summed E-state index contributed by atoms with van der Waals surface area (Å²) in [6, 6.07) is 0. The predicted octanol–water partition coefficient (Wildman–Crippen LogP) is 2.50. The van der Waals surface area contributed by atoms with Crippen LogP contribution in [0.1, 0.15) is 53.4 Å². The Hall–Kier alpha value is -1.19. The predicted molar refractivity (Wildman–Crippen MR) is 64.3 cm³/mol. The van der Waals surface area contributed by atoms with Crippen molar-refractivity contribution in [3.8, 4) is 0 Å². The summed E-state index contributed by atoms with van der Waals surface area (Å²) in [5.74, 6) is -1.79. The van der Waals surface area contributed by atoms with Gasteiger partial charge in [0.1, 0.15) is 11.7 Å². The third-order valence-corrected chi connectivity index (χ3v) is 2.56. The van der Waals surface area contributed by atoms with Crippen LogP contribution in [0.5, 0.6) is 0 Å². The summed E-state index contributed by atoms with van der Waals surface area (Å²) in [6.45, 7) is 7.37. The van der Waals surface area contributed by atoms with Gasteiger partial charge in [0.05, 0.1) is 0 Å². The SMILES string of the molecule is CCC(=O)OC(=O)C(CCC(C)C)C(=O)CC. The number of carbonyl (C=O) groups excluding carboxylic acids is 3. The minimum atomic E-state index is -0.780. The molecule has 0 spiro atoms. The largest absolute Gasteiger partial charge is 0.393 e. The standard InChI is InChI=1S/C13H22O4/c1-5-11(14)10(8-7-9(3)4)13(16)17-12(15)6-2/h9-10H,5-8H2,1-4H3. The van der Waals surface area contributed by atoms with Gasteiger partial charge in [0.15, 0.2) is 0 Å². The first-order chi connectivity index (χ1) is 7.92. The van der Waals surface area contributed by atoms with E-state index in [4.69, 9.17) is 0 Å². The molecule has 0 rings (SSSR count). The monoisotopic (exact) mass is 242 g/mol. The van der Waals surface area contributed by atoms with Gasteiger partial charge in [0.2, 0.25) is 0 Å². The highest BCUT2D eigenvalue weighted by Crippen LogP contribution is 2.16. The van der Waals surface area contributed by atoms with Gasteiger partial charge in [-0.3, -0.25) is 14.4 Å². The van der Waals surface area contributed by atoms with Crippen LogP contribution in [-0.4, -0.2) is 17.7 Å². The third kappa shape index (κ3) is 6.19. The van der Waals surface area contributed by atoms with Crippen LogP contribution >= 0.6 is 0 Å². The van der Waals surface area contributed by atoms with Gasteiger partial charge < -0.3 is 4.74 Å². The molecule has 0 aromatic rings. The summed E-state index contributed by atoms with van der Waals surface area (Å²) < 4.78 is 4.62. The zero-order valence-corrected chi connectivity index (χ0v) is 11.1. The van der Waals surface area contributed by atoms with E-state index in [2.05, 4.69) is 4.74 Å². The van der Waals surface area contributed by atoms with Gasteiger partial charge >= 0.3 is 11.9 Å². The van der Waals surface area contributed by atoms with Crippen LogP contribution in [-0.2, 0) is 19.1 Å². The lowest BCUT2D eigenvalue weighted by Crippen LogP contribution is -2.28. The number of ketones is 1. The van der Waals surface area contributed by atoms with E-state index in [-0.39, 0.29) is 18.6 Å². The summed E-state index contributed by atoms with van der Waals surface area (Å²) in [5.41, 5.74) is 0. The van der Waals surface area contributed by atoms with Crippen molar-refractivity contribution in [1.29, 1.82) is 0 Å². The van der Waals surface area contributed by atoms with Gasteiger partial charge in [-0.1, -0.05) is 27.7 Å². The fourth-order valence-corrected chi connectivity index (χ4v) is 1.41. The van der Waals surface area contributed by atoms with Gasteiger partial charge in [-0.05, 0) is 18.8 Å². The molecular formula is C13H22O4. The van der Waals surface area contributed by atoms with Crippen molar-refractivity contribution < 1.29 is 19.1 Å². The fourth-order valence-electron chi connectivity index (χ4n) is 1.41. The number of esters is 2. The Morgan fingerprint density at radius 2 is 1.59 bits per heavy atom. The topological polar surface area (TPSA) is 60.4 Å². The van der Waals surface area contributed by atoms with Gasteiger partial charge in [0.25, 0.3) is 0 Å². The maximum Gasteiger partial charge on any atom is 0.324 e. The van der Waals surface area contributed by atoms with E-state index < -0.39 is 17.9 Å². The highest BCUT2D eigenvalue weighted by atomic mass is 16.6. The Kier molecular flexibility index (Phi) is 7.42. The number of hydrogen-bond donors (Lipinski definition) is 0. The molecule has 0 radical (unpaired) electrons. The Balaban J connectivity index is 4.51. The quantitative estimate of drug-likeness (QED) is 0.508. The van der Waals surface area contributed by atoms with Crippen LogP contribution in [0, 0.1) is 11.8 Å². The van der Waals surface area contributed by atoms with Crippen LogP contribution in [0.25, 0.3) is 0 Å². The highest BCUT2D eigenvalue weighted by molar-refractivity contribution is 6.01. The molecule has 4 heteroatoms. The second kappa shape index (κ2) is 7.98. The first kappa shape index (κ1) is 15.8. The minimum Gasteiger partial charge on any atom is -0.393 e. The molecule has 0 aliphatic heterocycles. The molecule has 0 saturated heterocycles. The first-order valence-corrected chi connectivity index (χ1v) is 6.19. The average Bonchev–Trinajstić information content (AvgIpc) is 2.28. The van der Waals surface area contributed by atoms with E-state index in [1.54, 1.807) is 13.8 Å². The minimum absolute atomic E-state index is 0.142. The molecule has 0 aromatic heterocycles. The molecule has 0 aromatic carbocycles. The lowest BCUT2D eigenvalue weighted by atomic mass is 9.93. The van der Waals surface area contributed by atoms with E-state index >= 15 is 0 Å². The molecule has 0 fully saturated rings. The molecule has 0 bridgehead atoms. The van der Waals surface area contributed by atoms with Crippen molar-refractivity contribution in [1.82, 2.24) is 0 Å². The molecule has 4 nitrogen and oxygen atoms in total.